The number of aryl methyl sites for hydroxylation is 1. The number of nitrogens with one attached hydrogen (secondary N) is 1. The van der Waals surface area contributed by atoms with Gasteiger partial charge in [-0.2, -0.15) is 0 Å². The van der Waals surface area contributed by atoms with Gasteiger partial charge in [-0.05, 0) is 43.2 Å². The van der Waals surface area contributed by atoms with Crippen LogP contribution >= 0.6 is 0 Å². The van der Waals surface area contributed by atoms with Gasteiger partial charge in [0, 0.05) is 6.04 Å². The Hall–Kier alpha value is -2.13. The first-order valence-electron chi connectivity index (χ1n) is 8.21. The summed E-state index contributed by atoms with van der Waals surface area (Å²) < 4.78 is 0. The van der Waals surface area contributed by atoms with Crippen molar-refractivity contribution >= 4 is 5.97 Å². The molecule has 0 spiro atoms. The average molecular weight is 309 g/mol. The van der Waals surface area contributed by atoms with Gasteiger partial charge in [-0.1, -0.05) is 60.2 Å². The van der Waals surface area contributed by atoms with Crippen LogP contribution in [0.5, 0.6) is 0 Å². The molecule has 0 aliphatic heterocycles. The third-order valence-corrected chi connectivity index (χ3v) is 4.70. The van der Waals surface area contributed by atoms with Crippen molar-refractivity contribution in [1.82, 2.24) is 5.32 Å². The quantitative estimate of drug-likeness (QED) is 0.858. The van der Waals surface area contributed by atoms with Crippen LogP contribution in [-0.4, -0.2) is 23.2 Å². The van der Waals surface area contributed by atoms with Crippen LogP contribution in [0.1, 0.15) is 35.4 Å². The highest BCUT2D eigenvalue weighted by molar-refractivity contribution is 5.74. The molecule has 1 aliphatic carbocycles. The van der Waals surface area contributed by atoms with E-state index in [-0.39, 0.29) is 0 Å². The standard InChI is InChI=1S/C20H23NO2/c1-14-7-9-16(10-8-14)17-12-18(13-17)21-19(20(22)23)11-15-5-3-2-4-6-15/h2-10,17-19,21H,11-13H2,1H3,(H,22,23)/t17?,18?,19-/m0/s1. The molecule has 23 heavy (non-hydrogen) atoms. The van der Waals surface area contributed by atoms with Crippen LogP contribution in [0.3, 0.4) is 0 Å². The number of hydrogen-bond acceptors (Lipinski definition) is 2. The van der Waals surface area contributed by atoms with E-state index in [1.807, 2.05) is 30.3 Å². The first-order valence-corrected chi connectivity index (χ1v) is 8.21. The van der Waals surface area contributed by atoms with Gasteiger partial charge in [0.15, 0.2) is 0 Å². The van der Waals surface area contributed by atoms with Gasteiger partial charge in [0.2, 0.25) is 0 Å². The van der Waals surface area contributed by atoms with Crippen LogP contribution in [0, 0.1) is 6.92 Å². The Bertz CT molecular complexity index is 645. The molecule has 3 nitrogen and oxygen atoms in total. The molecule has 1 atom stereocenters. The minimum absolute atomic E-state index is 0.297. The SMILES string of the molecule is Cc1ccc(C2CC(N[C@@H](Cc3ccccc3)C(=O)O)C2)cc1. The summed E-state index contributed by atoms with van der Waals surface area (Å²) in [5, 5.41) is 12.8. The van der Waals surface area contributed by atoms with Crippen LogP contribution in [0.2, 0.25) is 0 Å². The number of rotatable bonds is 6. The van der Waals surface area contributed by atoms with E-state index >= 15 is 0 Å². The van der Waals surface area contributed by atoms with Crippen molar-refractivity contribution in [3.63, 3.8) is 0 Å². The number of carboxylic acid groups (broad SMARTS) is 1. The smallest absolute Gasteiger partial charge is 0.321 e. The highest BCUT2D eigenvalue weighted by atomic mass is 16.4. The molecule has 0 saturated heterocycles. The fraction of sp³-hybridized carbons (Fsp3) is 0.350. The molecule has 0 radical (unpaired) electrons. The summed E-state index contributed by atoms with van der Waals surface area (Å²) in [7, 11) is 0. The number of carbonyl (C=O) groups is 1. The van der Waals surface area contributed by atoms with E-state index < -0.39 is 12.0 Å². The third-order valence-electron chi connectivity index (χ3n) is 4.70. The predicted molar refractivity (Wildman–Crippen MR) is 91.6 cm³/mol. The van der Waals surface area contributed by atoms with Gasteiger partial charge in [-0.3, -0.25) is 4.79 Å². The summed E-state index contributed by atoms with van der Waals surface area (Å²) in [5.74, 6) is -0.216. The fourth-order valence-electron chi connectivity index (χ4n) is 3.22. The molecule has 0 heterocycles. The largest absolute Gasteiger partial charge is 0.480 e. The lowest BCUT2D eigenvalue weighted by Gasteiger charge is -2.38. The highest BCUT2D eigenvalue weighted by Gasteiger charge is 2.33. The Kier molecular flexibility index (Phi) is 4.77. The number of carboxylic acids is 1. The molecule has 120 valence electrons. The number of hydrogen-bond donors (Lipinski definition) is 2. The summed E-state index contributed by atoms with van der Waals surface area (Å²) in [5.41, 5.74) is 3.70. The van der Waals surface area contributed by atoms with Crippen molar-refractivity contribution in [2.75, 3.05) is 0 Å². The molecule has 3 rings (SSSR count). The molecular formula is C20H23NO2. The fourth-order valence-corrected chi connectivity index (χ4v) is 3.22. The van der Waals surface area contributed by atoms with Gasteiger partial charge in [0.1, 0.15) is 6.04 Å². The molecule has 0 unspecified atom stereocenters. The van der Waals surface area contributed by atoms with Gasteiger partial charge >= 0.3 is 5.97 Å². The van der Waals surface area contributed by atoms with Crippen molar-refractivity contribution in [1.29, 1.82) is 0 Å². The van der Waals surface area contributed by atoms with Crippen LogP contribution in [0.25, 0.3) is 0 Å². The average Bonchev–Trinajstić information content (AvgIpc) is 2.51. The maximum atomic E-state index is 11.5. The first kappa shape index (κ1) is 15.8. The Balaban J connectivity index is 1.54. The minimum Gasteiger partial charge on any atom is -0.480 e. The lowest BCUT2D eigenvalue weighted by molar-refractivity contribution is -0.139. The van der Waals surface area contributed by atoms with Gasteiger partial charge in [-0.15, -0.1) is 0 Å². The molecule has 0 amide bonds. The summed E-state index contributed by atoms with van der Waals surface area (Å²) in [4.78, 5) is 11.5. The summed E-state index contributed by atoms with van der Waals surface area (Å²) in [6.07, 6.45) is 2.56. The topological polar surface area (TPSA) is 49.3 Å². The van der Waals surface area contributed by atoms with Crippen LogP contribution in [0.15, 0.2) is 54.6 Å². The summed E-state index contributed by atoms with van der Waals surface area (Å²) in [6, 6.07) is 18.3. The third kappa shape index (κ3) is 3.99. The minimum atomic E-state index is -0.771. The Morgan fingerprint density at radius 1 is 1.13 bits per heavy atom. The molecule has 2 aromatic carbocycles. The van der Waals surface area contributed by atoms with E-state index in [4.69, 9.17) is 0 Å². The Morgan fingerprint density at radius 2 is 1.78 bits per heavy atom. The van der Waals surface area contributed by atoms with Crippen molar-refractivity contribution in [3.8, 4) is 0 Å². The van der Waals surface area contributed by atoms with E-state index in [1.54, 1.807) is 0 Å². The summed E-state index contributed by atoms with van der Waals surface area (Å²) >= 11 is 0. The second-order valence-corrected chi connectivity index (χ2v) is 6.52. The highest BCUT2D eigenvalue weighted by Crippen LogP contribution is 2.37. The maximum Gasteiger partial charge on any atom is 0.321 e. The zero-order valence-electron chi connectivity index (χ0n) is 13.4. The zero-order valence-corrected chi connectivity index (χ0v) is 13.4. The van der Waals surface area contributed by atoms with E-state index in [0.29, 0.717) is 18.4 Å². The van der Waals surface area contributed by atoms with E-state index in [2.05, 4.69) is 36.5 Å². The monoisotopic (exact) mass is 309 g/mol. The molecule has 1 aliphatic rings. The van der Waals surface area contributed by atoms with Crippen molar-refractivity contribution in [3.05, 3.63) is 71.3 Å². The normalized spacial score (nSPS) is 21.4. The zero-order chi connectivity index (χ0) is 16.2. The van der Waals surface area contributed by atoms with Crippen molar-refractivity contribution < 1.29 is 9.90 Å². The molecule has 3 heteroatoms. The van der Waals surface area contributed by atoms with Crippen LogP contribution in [0.4, 0.5) is 0 Å². The number of benzene rings is 2. The first-order chi connectivity index (χ1) is 11.1. The van der Waals surface area contributed by atoms with Crippen LogP contribution < -0.4 is 5.32 Å². The van der Waals surface area contributed by atoms with Crippen molar-refractivity contribution in [2.45, 2.75) is 44.2 Å². The predicted octanol–water partition coefficient (Wildman–Crippen LogP) is 3.53. The van der Waals surface area contributed by atoms with Crippen molar-refractivity contribution in [2.24, 2.45) is 0 Å². The van der Waals surface area contributed by atoms with Gasteiger partial charge < -0.3 is 10.4 Å². The molecular weight excluding hydrogens is 286 g/mol. The van der Waals surface area contributed by atoms with E-state index in [9.17, 15) is 9.90 Å². The lowest BCUT2D eigenvalue weighted by atomic mass is 9.75. The van der Waals surface area contributed by atoms with Gasteiger partial charge in [-0.25, -0.2) is 0 Å². The van der Waals surface area contributed by atoms with E-state index in [0.717, 1.165) is 18.4 Å². The van der Waals surface area contributed by atoms with Gasteiger partial charge in [0.25, 0.3) is 0 Å². The Labute approximate surface area is 137 Å². The summed E-state index contributed by atoms with van der Waals surface area (Å²) in [6.45, 7) is 2.09. The maximum absolute atomic E-state index is 11.5. The van der Waals surface area contributed by atoms with Gasteiger partial charge in [0.05, 0.1) is 0 Å². The van der Waals surface area contributed by atoms with E-state index in [1.165, 1.54) is 11.1 Å². The van der Waals surface area contributed by atoms with Crippen LogP contribution in [-0.2, 0) is 11.2 Å². The molecule has 1 fully saturated rings. The molecule has 2 aromatic rings. The number of aliphatic carboxylic acids is 1. The lowest BCUT2D eigenvalue weighted by Crippen LogP contribution is -2.49. The molecule has 1 saturated carbocycles. The molecule has 2 N–H and O–H groups in total. The molecule has 0 aromatic heterocycles. The molecule has 0 bridgehead atoms. The second-order valence-electron chi connectivity index (χ2n) is 6.52. The second kappa shape index (κ2) is 6.97. The Morgan fingerprint density at radius 3 is 2.39 bits per heavy atom.